The van der Waals surface area contributed by atoms with Gasteiger partial charge < -0.3 is 15.3 Å². The Morgan fingerprint density at radius 1 is 0.882 bits per heavy atom. The average Bonchev–Trinajstić information content (AvgIpc) is 2.33. The second kappa shape index (κ2) is 4.17. The number of carbonyl (C=O) groups is 1. The second-order valence-corrected chi connectivity index (χ2v) is 3.59. The molecule has 0 spiro atoms. The van der Waals surface area contributed by atoms with Gasteiger partial charge in [0.15, 0.2) is 11.5 Å². The molecule has 3 N–H and O–H groups in total. The van der Waals surface area contributed by atoms with Crippen LogP contribution in [0.4, 0.5) is 0 Å². The fourth-order valence-electron chi connectivity index (χ4n) is 1.53. The quantitative estimate of drug-likeness (QED) is 0.692. The molecule has 2 aromatic carbocycles. The van der Waals surface area contributed by atoms with Crippen LogP contribution >= 0.6 is 0 Å². The Labute approximate surface area is 97.4 Å². The zero-order valence-corrected chi connectivity index (χ0v) is 8.79. The van der Waals surface area contributed by atoms with Crippen LogP contribution in [0.15, 0.2) is 42.5 Å². The van der Waals surface area contributed by atoms with Crippen LogP contribution in [0.3, 0.4) is 0 Å². The van der Waals surface area contributed by atoms with Gasteiger partial charge >= 0.3 is 5.97 Å². The van der Waals surface area contributed by atoms with Crippen molar-refractivity contribution in [3.63, 3.8) is 0 Å². The molecular formula is C13H10O4. The molecule has 0 radical (unpaired) electrons. The molecule has 0 heterocycles. The zero-order chi connectivity index (χ0) is 12.4. The Morgan fingerprint density at radius 3 is 2.24 bits per heavy atom. The lowest BCUT2D eigenvalue weighted by molar-refractivity contribution is 0.0697. The smallest absolute Gasteiger partial charge is 0.335 e. The van der Waals surface area contributed by atoms with E-state index in [9.17, 15) is 15.0 Å². The van der Waals surface area contributed by atoms with Crippen molar-refractivity contribution in [1.29, 1.82) is 0 Å². The summed E-state index contributed by atoms with van der Waals surface area (Å²) in [5.41, 5.74) is 1.48. The van der Waals surface area contributed by atoms with Gasteiger partial charge in [-0.3, -0.25) is 0 Å². The first-order valence-electron chi connectivity index (χ1n) is 4.93. The lowest BCUT2D eigenvalue weighted by atomic mass is 10.0. The maximum absolute atomic E-state index is 10.8. The summed E-state index contributed by atoms with van der Waals surface area (Å²) in [5.74, 6) is -1.44. The molecule has 86 valence electrons. The van der Waals surface area contributed by atoms with Crippen molar-refractivity contribution < 1.29 is 20.1 Å². The van der Waals surface area contributed by atoms with E-state index in [1.54, 1.807) is 18.2 Å². The molecule has 0 aliphatic rings. The molecule has 17 heavy (non-hydrogen) atoms. The Morgan fingerprint density at radius 2 is 1.59 bits per heavy atom. The van der Waals surface area contributed by atoms with Gasteiger partial charge in [0.25, 0.3) is 0 Å². The van der Waals surface area contributed by atoms with Gasteiger partial charge in [-0.05, 0) is 35.4 Å². The van der Waals surface area contributed by atoms with E-state index < -0.39 is 5.97 Å². The van der Waals surface area contributed by atoms with Crippen LogP contribution in [0, 0.1) is 0 Å². The molecule has 0 atom stereocenters. The van der Waals surface area contributed by atoms with Gasteiger partial charge in [-0.1, -0.05) is 18.2 Å². The molecule has 0 saturated heterocycles. The van der Waals surface area contributed by atoms with E-state index in [2.05, 4.69) is 0 Å². The SMILES string of the molecule is O=C(O)c1cccc(-c2ccc(O)c(O)c2)c1. The van der Waals surface area contributed by atoms with Crippen molar-refractivity contribution in [2.24, 2.45) is 0 Å². The van der Waals surface area contributed by atoms with Crippen molar-refractivity contribution in [3.05, 3.63) is 48.0 Å². The number of benzene rings is 2. The molecule has 2 aromatic rings. The summed E-state index contributed by atoms with van der Waals surface area (Å²) in [7, 11) is 0. The maximum Gasteiger partial charge on any atom is 0.335 e. The van der Waals surface area contributed by atoms with Crippen LogP contribution in [-0.2, 0) is 0 Å². The van der Waals surface area contributed by atoms with Gasteiger partial charge in [0.1, 0.15) is 0 Å². The Kier molecular flexibility index (Phi) is 2.70. The molecule has 4 nitrogen and oxygen atoms in total. The van der Waals surface area contributed by atoms with Crippen molar-refractivity contribution in [2.45, 2.75) is 0 Å². The minimum absolute atomic E-state index is 0.176. The highest BCUT2D eigenvalue weighted by atomic mass is 16.4. The molecule has 0 saturated carbocycles. The number of aromatic hydroxyl groups is 2. The summed E-state index contributed by atoms with van der Waals surface area (Å²) >= 11 is 0. The standard InChI is InChI=1S/C13H10O4/c14-11-5-4-9(7-12(11)15)8-2-1-3-10(6-8)13(16)17/h1-7,14-15H,(H,16,17). The van der Waals surface area contributed by atoms with Crippen LogP contribution in [0.25, 0.3) is 11.1 Å². The maximum atomic E-state index is 10.8. The summed E-state index contributed by atoms with van der Waals surface area (Å²) in [5, 5.41) is 27.4. The first-order valence-corrected chi connectivity index (χ1v) is 4.93. The number of rotatable bonds is 2. The number of hydrogen-bond acceptors (Lipinski definition) is 3. The molecule has 0 unspecified atom stereocenters. The van der Waals surface area contributed by atoms with E-state index in [-0.39, 0.29) is 17.1 Å². The fraction of sp³-hybridized carbons (Fsp3) is 0. The molecule has 0 bridgehead atoms. The molecular weight excluding hydrogens is 220 g/mol. The average molecular weight is 230 g/mol. The number of phenolic OH excluding ortho intramolecular Hbond substituents is 2. The number of carboxylic acids is 1. The van der Waals surface area contributed by atoms with Gasteiger partial charge in [0.2, 0.25) is 0 Å². The third-order valence-electron chi connectivity index (χ3n) is 2.42. The minimum Gasteiger partial charge on any atom is -0.504 e. The van der Waals surface area contributed by atoms with Crippen LogP contribution in [-0.4, -0.2) is 21.3 Å². The Balaban J connectivity index is 2.49. The predicted molar refractivity (Wildman–Crippen MR) is 62.2 cm³/mol. The van der Waals surface area contributed by atoms with E-state index in [4.69, 9.17) is 5.11 Å². The van der Waals surface area contributed by atoms with Crippen molar-refractivity contribution in [1.82, 2.24) is 0 Å². The first-order chi connectivity index (χ1) is 8.08. The van der Waals surface area contributed by atoms with Crippen LogP contribution in [0.1, 0.15) is 10.4 Å². The lowest BCUT2D eigenvalue weighted by Crippen LogP contribution is -1.95. The molecule has 0 aliphatic carbocycles. The topological polar surface area (TPSA) is 77.8 Å². The Bertz CT molecular complexity index is 575. The van der Waals surface area contributed by atoms with Gasteiger partial charge in [0, 0.05) is 0 Å². The second-order valence-electron chi connectivity index (χ2n) is 3.59. The number of hydrogen-bond donors (Lipinski definition) is 3. The molecule has 2 rings (SSSR count). The van der Waals surface area contributed by atoms with Crippen molar-refractivity contribution in [3.8, 4) is 22.6 Å². The normalized spacial score (nSPS) is 10.1. The van der Waals surface area contributed by atoms with Crippen LogP contribution in [0.5, 0.6) is 11.5 Å². The largest absolute Gasteiger partial charge is 0.504 e. The Hall–Kier alpha value is -2.49. The minimum atomic E-state index is -1.00. The number of phenols is 2. The van der Waals surface area contributed by atoms with Crippen LogP contribution in [0.2, 0.25) is 0 Å². The van der Waals surface area contributed by atoms with E-state index >= 15 is 0 Å². The number of aromatic carboxylic acids is 1. The highest BCUT2D eigenvalue weighted by molar-refractivity contribution is 5.89. The summed E-state index contributed by atoms with van der Waals surface area (Å²) in [6, 6.07) is 10.7. The van der Waals surface area contributed by atoms with E-state index in [0.717, 1.165) is 0 Å². The third-order valence-corrected chi connectivity index (χ3v) is 2.42. The lowest BCUT2D eigenvalue weighted by Gasteiger charge is -2.04. The predicted octanol–water partition coefficient (Wildman–Crippen LogP) is 2.46. The van der Waals surface area contributed by atoms with Crippen LogP contribution < -0.4 is 0 Å². The molecule has 0 aliphatic heterocycles. The monoisotopic (exact) mass is 230 g/mol. The van der Waals surface area contributed by atoms with E-state index in [1.165, 1.54) is 24.3 Å². The molecule has 0 amide bonds. The molecule has 4 heteroatoms. The van der Waals surface area contributed by atoms with Crippen molar-refractivity contribution >= 4 is 5.97 Å². The van der Waals surface area contributed by atoms with Gasteiger partial charge in [-0.15, -0.1) is 0 Å². The fourth-order valence-corrected chi connectivity index (χ4v) is 1.53. The molecule has 0 fully saturated rings. The van der Waals surface area contributed by atoms with E-state index in [0.29, 0.717) is 11.1 Å². The number of carboxylic acid groups (broad SMARTS) is 1. The van der Waals surface area contributed by atoms with Gasteiger partial charge in [0.05, 0.1) is 5.56 Å². The van der Waals surface area contributed by atoms with Crippen molar-refractivity contribution in [2.75, 3.05) is 0 Å². The highest BCUT2D eigenvalue weighted by Gasteiger charge is 2.06. The van der Waals surface area contributed by atoms with Gasteiger partial charge in [-0.2, -0.15) is 0 Å². The summed E-state index contributed by atoms with van der Waals surface area (Å²) in [4.78, 5) is 10.8. The third kappa shape index (κ3) is 2.20. The highest BCUT2D eigenvalue weighted by Crippen LogP contribution is 2.30. The summed E-state index contributed by atoms with van der Waals surface area (Å²) in [6.45, 7) is 0. The molecule has 0 aromatic heterocycles. The zero-order valence-electron chi connectivity index (χ0n) is 8.79. The van der Waals surface area contributed by atoms with Gasteiger partial charge in [-0.25, -0.2) is 4.79 Å². The summed E-state index contributed by atoms with van der Waals surface area (Å²) in [6.07, 6.45) is 0. The first kappa shape index (κ1) is 11.0. The summed E-state index contributed by atoms with van der Waals surface area (Å²) < 4.78 is 0. The van der Waals surface area contributed by atoms with E-state index in [1.807, 2.05) is 0 Å².